The molecule has 2 fully saturated rings. The normalized spacial score (nSPS) is 24.5. The van der Waals surface area contributed by atoms with E-state index in [0.29, 0.717) is 16.9 Å². The van der Waals surface area contributed by atoms with Gasteiger partial charge in [0.05, 0.1) is 10.9 Å². The SMILES string of the molecule is CC1CC(=O)c2c(c3c(c4c(C5CCCCC5)c(C5CCCCC5)c(=O)oc24)OC(C)(C)C=C3)O1. The van der Waals surface area contributed by atoms with Gasteiger partial charge in [-0.2, -0.15) is 0 Å². The Bertz CT molecular complexity index is 1270. The van der Waals surface area contributed by atoms with Gasteiger partial charge in [0.15, 0.2) is 11.4 Å². The van der Waals surface area contributed by atoms with Crippen LogP contribution in [0.3, 0.4) is 0 Å². The first-order valence-corrected chi connectivity index (χ1v) is 13.6. The highest BCUT2D eigenvalue weighted by Gasteiger charge is 2.39. The molecule has 1 aromatic heterocycles. The van der Waals surface area contributed by atoms with Crippen LogP contribution in [-0.4, -0.2) is 17.5 Å². The molecule has 5 heteroatoms. The quantitative estimate of drug-likeness (QED) is 0.422. The number of carbonyl (C=O) groups is 1. The van der Waals surface area contributed by atoms with Crippen molar-refractivity contribution in [3.63, 3.8) is 0 Å². The van der Waals surface area contributed by atoms with Crippen LogP contribution in [0, 0.1) is 0 Å². The van der Waals surface area contributed by atoms with Crippen LogP contribution >= 0.6 is 0 Å². The second kappa shape index (κ2) is 8.53. The summed E-state index contributed by atoms with van der Waals surface area (Å²) < 4.78 is 19.0. The minimum atomic E-state index is -0.510. The zero-order chi connectivity index (χ0) is 24.3. The highest BCUT2D eigenvalue weighted by Crippen LogP contribution is 2.52. The van der Waals surface area contributed by atoms with Crippen LogP contribution in [0.15, 0.2) is 15.3 Å². The average Bonchev–Trinajstić information content (AvgIpc) is 2.83. The van der Waals surface area contributed by atoms with Crippen molar-refractivity contribution in [3.8, 4) is 11.5 Å². The van der Waals surface area contributed by atoms with Crippen molar-refractivity contribution in [2.45, 2.75) is 115 Å². The van der Waals surface area contributed by atoms with Crippen LogP contribution < -0.4 is 15.1 Å². The maximum atomic E-state index is 13.8. The zero-order valence-corrected chi connectivity index (χ0v) is 21.2. The molecule has 0 radical (unpaired) electrons. The van der Waals surface area contributed by atoms with Crippen LogP contribution in [0.2, 0.25) is 0 Å². The first-order valence-electron chi connectivity index (χ1n) is 13.6. The molecular formula is C30H36O5. The summed E-state index contributed by atoms with van der Waals surface area (Å²) in [5, 5.41) is 0.856. The molecule has 35 heavy (non-hydrogen) atoms. The van der Waals surface area contributed by atoms with E-state index in [1.165, 1.54) is 12.8 Å². The summed E-state index contributed by atoms with van der Waals surface area (Å²) in [5.41, 5.74) is 2.82. The van der Waals surface area contributed by atoms with Gasteiger partial charge in [-0.05, 0) is 76.0 Å². The number of Topliss-reactive ketones (excluding diaryl/α,β-unsaturated/α-hetero) is 1. The maximum Gasteiger partial charge on any atom is 0.340 e. The summed E-state index contributed by atoms with van der Waals surface area (Å²) in [5.74, 6) is 1.70. The third-order valence-electron chi connectivity index (χ3n) is 8.49. The minimum absolute atomic E-state index is 0.0204. The van der Waals surface area contributed by atoms with Crippen molar-refractivity contribution in [1.29, 1.82) is 0 Å². The van der Waals surface area contributed by atoms with Gasteiger partial charge in [0.25, 0.3) is 0 Å². The molecule has 2 aromatic rings. The first-order chi connectivity index (χ1) is 16.8. The second-order valence-corrected chi connectivity index (χ2v) is 11.6. The smallest absolute Gasteiger partial charge is 0.340 e. The van der Waals surface area contributed by atoms with Gasteiger partial charge in [0, 0.05) is 12.0 Å². The topological polar surface area (TPSA) is 65.7 Å². The Balaban J connectivity index is 1.74. The minimum Gasteiger partial charge on any atom is -0.489 e. The monoisotopic (exact) mass is 476 g/mol. The molecule has 1 atom stereocenters. The van der Waals surface area contributed by atoms with Crippen LogP contribution in [0.1, 0.15) is 130 Å². The summed E-state index contributed by atoms with van der Waals surface area (Å²) in [7, 11) is 0. The van der Waals surface area contributed by atoms with Crippen molar-refractivity contribution >= 4 is 22.8 Å². The molecule has 2 aliphatic carbocycles. The molecular weight excluding hydrogens is 440 g/mol. The first kappa shape index (κ1) is 22.9. The molecule has 0 spiro atoms. The molecule has 1 aromatic carbocycles. The molecule has 0 saturated heterocycles. The summed E-state index contributed by atoms with van der Waals surface area (Å²) in [4.78, 5) is 27.2. The number of rotatable bonds is 2. The molecule has 2 aliphatic heterocycles. The van der Waals surface area contributed by atoms with Crippen LogP contribution in [0.5, 0.6) is 11.5 Å². The Labute approximate surface area is 206 Å². The van der Waals surface area contributed by atoms with Crippen molar-refractivity contribution in [1.82, 2.24) is 0 Å². The average molecular weight is 477 g/mol. The lowest BCUT2D eigenvalue weighted by atomic mass is 9.74. The van der Waals surface area contributed by atoms with E-state index in [4.69, 9.17) is 13.9 Å². The molecule has 0 bridgehead atoms. The molecule has 1 unspecified atom stereocenters. The van der Waals surface area contributed by atoms with E-state index in [1.54, 1.807) is 0 Å². The third-order valence-corrected chi connectivity index (χ3v) is 8.49. The van der Waals surface area contributed by atoms with Crippen molar-refractivity contribution in [2.75, 3.05) is 0 Å². The fourth-order valence-electron chi connectivity index (χ4n) is 6.86. The van der Waals surface area contributed by atoms with Gasteiger partial charge in [-0.15, -0.1) is 0 Å². The number of benzene rings is 1. The van der Waals surface area contributed by atoms with E-state index in [1.807, 2.05) is 32.9 Å². The van der Waals surface area contributed by atoms with E-state index in [9.17, 15) is 9.59 Å². The molecule has 5 nitrogen and oxygen atoms in total. The number of fused-ring (bicyclic) bond motifs is 6. The summed E-state index contributed by atoms with van der Waals surface area (Å²) in [6, 6.07) is 0. The number of ether oxygens (including phenoxy) is 2. The third kappa shape index (κ3) is 3.82. The zero-order valence-electron chi connectivity index (χ0n) is 21.2. The van der Waals surface area contributed by atoms with Gasteiger partial charge < -0.3 is 13.9 Å². The Morgan fingerprint density at radius 1 is 0.857 bits per heavy atom. The van der Waals surface area contributed by atoms with E-state index in [-0.39, 0.29) is 35.8 Å². The van der Waals surface area contributed by atoms with Gasteiger partial charge in [0.2, 0.25) is 0 Å². The second-order valence-electron chi connectivity index (χ2n) is 11.6. The molecule has 4 aliphatic rings. The maximum absolute atomic E-state index is 13.8. The fraction of sp³-hybridized carbons (Fsp3) is 0.600. The van der Waals surface area contributed by atoms with Crippen molar-refractivity contribution < 1.29 is 18.7 Å². The molecule has 3 heterocycles. The van der Waals surface area contributed by atoms with E-state index in [0.717, 1.165) is 79.2 Å². The lowest BCUT2D eigenvalue weighted by molar-refractivity contribution is 0.0869. The van der Waals surface area contributed by atoms with Crippen molar-refractivity contribution in [2.24, 2.45) is 0 Å². The number of ketones is 1. The van der Waals surface area contributed by atoms with Crippen LogP contribution in [0.4, 0.5) is 0 Å². The van der Waals surface area contributed by atoms with Crippen LogP contribution in [-0.2, 0) is 0 Å². The highest BCUT2D eigenvalue weighted by molar-refractivity contribution is 6.13. The summed E-state index contributed by atoms with van der Waals surface area (Å²) in [6.45, 7) is 5.98. The summed E-state index contributed by atoms with van der Waals surface area (Å²) in [6.07, 6.45) is 15.4. The Kier molecular flexibility index (Phi) is 5.58. The van der Waals surface area contributed by atoms with Gasteiger partial charge in [-0.1, -0.05) is 38.5 Å². The number of hydrogen-bond donors (Lipinski definition) is 0. The lowest BCUT2D eigenvalue weighted by Gasteiger charge is -2.35. The highest BCUT2D eigenvalue weighted by atomic mass is 16.5. The number of hydrogen-bond acceptors (Lipinski definition) is 5. The molecule has 6 rings (SSSR count). The van der Waals surface area contributed by atoms with Crippen LogP contribution in [0.25, 0.3) is 17.0 Å². The molecule has 186 valence electrons. The van der Waals surface area contributed by atoms with E-state index >= 15 is 0 Å². The molecule has 2 saturated carbocycles. The van der Waals surface area contributed by atoms with Crippen molar-refractivity contribution in [3.05, 3.63) is 38.7 Å². The van der Waals surface area contributed by atoms with E-state index < -0.39 is 5.60 Å². The lowest BCUT2D eigenvalue weighted by Crippen LogP contribution is -2.31. The standard InChI is InChI=1S/C30H36O5/c1-17-16-21(31)24-26(33-17)20-14-15-30(2,3)35-27(20)25-22(18-10-6-4-7-11-18)23(29(32)34-28(24)25)19-12-8-5-9-13-19/h14-15,17-19H,4-13,16H2,1-3H3. The predicted octanol–water partition coefficient (Wildman–Crippen LogP) is 7.43. The van der Waals surface area contributed by atoms with Gasteiger partial charge in [0.1, 0.15) is 28.8 Å². The number of carbonyl (C=O) groups excluding carboxylic acids is 1. The van der Waals surface area contributed by atoms with Gasteiger partial charge in [-0.25, -0.2) is 4.79 Å². The fourth-order valence-corrected chi connectivity index (χ4v) is 6.86. The molecule has 0 N–H and O–H groups in total. The molecule has 0 amide bonds. The Morgan fingerprint density at radius 3 is 2.14 bits per heavy atom. The van der Waals surface area contributed by atoms with Gasteiger partial charge in [-0.3, -0.25) is 4.79 Å². The largest absolute Gasteiger partial charge is 0.489 e. The Morgan fingerprint density at radius 2 is 1.49 bits per heavy atom. The van der Waals surface area contributed by atoms with Gasteiger partial charge >= 0.3 is 5.63 Å². The van der Waals surface area contributed by atoms with E-state index in [2.05, 4.69) is 0 Å². The Hall–Kier alpha value is -2.56. The predicted molar refractivity (Wildman–Crippen MR) is 137 cm³/mol. The summed E-state index contributed by atoms with van der Waals surface area (Å²) >= 11 is 0.